The van der Waals surface area contributed by atoms with Gasteiger partial charge in [0.25, 0.3) is 0 Å². The van der Waals surface area contributed by atoms with Crippen molar-refractivity contribution in [2.24, 2.45) is 0 Å². The molecule has 3 heterocycles. The van der Waals surface area contributed by atoms with E-state index in [1.807, 2.05) is 78.9 Å². The van der Waals surface area contributed by atoms with Gasteiger partial charge in [0.2, 0.25) is 12.5 Å². The molecule has 3 aromatic carbocycles. The van der Waals surface area contributed by atoms with Gasteiger partial charge < -0.3 is 33.6 Å². The minimum absolute atomic E-state index is 0.0251. The number of methoxy groups -OCH3 is 1. The molecule has 218 valence electrons. The van der Waals surface area contributed by atoms with Crippen molar-refractivity contribution >= 4 is 6.03 Å². The summed E-state index contributed by atoms with van der Waals surface area (Å²) >= 11 is 0. The van der Waals surface area contributed by atoms with Gasteiger partial charge >= 0.3 is 6.03 Å². The quantitative estimate of drug-likeness (QED) is 0.252. The molecule has 1 atom stereocenters. The van der Waals surface area contributed by atoms with E-state index in [0.29, 0.717) is 36.9 Å². The first kappa shape index (κ1) is 27.5. The average molecular weight is 570 g/mol. The molecule has 1 unspecified atom stereocenters. The number of nitrogens with one attached hydrogen (secondary N) is 1. The first-order chi connectivity index (χ1) is 20.6. The number of para-hydroxylation sites is 1. The van der Waals surface area contributed by atoms with Crippen LogP contribution in [-0.2, 0) is 26.2 Å². The number of carbonyl (C=O) groups excluding carboxylic acids is 1. The second-order valence-corrected chi connectivity index (χ2v) is 10.5. The van der Waals surface area contributed by atoms with Crippen molar-refractivity contribution in [1.29, 1.82) is 0 Å². The van der Waals surface area contributed by atoms with Gasteiger partial charge in [-0.1, -0.05) is 48.5 Å². The van der Waals surface area contributed by atoms with Crippen LogP contribution in [0.2, 0.25) is 0 Å². The van der Waals surface area contributed by atoms with Crippen molar-refractivity contribution in [1.82, 2.24) is 15.1 Å². The molecule has 4 aromatic rings. The number of benzene rings is 3. The lowest BCUT2D eigenvalue weighted by Gasteiger charge is -2.25. The van der Waals surface area contributed by atoms with Crippen LogP contribution in [0.25, 0.3) is 0 Å². The van der Waals surface area contributed by atoms with Crippen molar-refractivity contribution in [2.75, 3.05) is 27.0 Å². The summed E-state index contributed by atoms with van der Waals surface area (Å²) in [6.07, 6.45) is 2.49. The third-order valence-corrected chi connectivity index (χ3v) is 7.51. The summed E-state index contributed by atoms with van der Waals surface area (Å²) in [5.41, 5.74) is 3.09. The molecule has 9 nitrogen and oxygen atoms in total. The van der Waals surface area contributed by atoms with Crippen LogP contribution in [0.15, 0.2) is 89.5 Å². The Kier molecular flexibility index (Phi) is 8.46. The maximum Gasteiger partial charge on any atom is 0.318 e. The molecule has 0 aliphatic carbocycles. The monoisotopic (exact) mass is 569 g/mol. The van der Waals surface area contributed by atoms with E-state index in [4.69, 9.17) is 23.4 Å². The van der Waals surface area contributed by atoms with Crippen LogP contribution in [0.4, 0.5) is 4.79 Å². The Morgan fingerprint density at radius 1 is 0.976 bits per heavy atom. The SMILES string of the molecule is COc1cc(CN2CCC(NC(=O)N(Cc3ccco3)Cc3ccccc3OCc3ccccc3)C2)cc2c1OCO2. The van der Waals surface area contributed by atoms with Gasteiger partial charge in [-0.05, 0) is 47.9 Å². The third kappa shape index (κ3) is 6.63. The number of urea groups is 1. The second kappa shape index (κ2) is 12.9. The normalized spacial score (nSPS) is 15.9. The van der Waals surface area contributed by atoms with E-state index in [2.05, 4.69) is 10.2 Å². The molecule has 42 heavy (non-hydrogen) atoms. The van der Waals surface area contributed by atoms with Crippen molar-refractivity contribution in [3.8, 4) is 23.0 Å². The summed E-state index contributed by atoms with van der Waals surface area (Å²) in [5, 5.41) is 3.26. The van der Waals surface area contributed by atoms with Crippen LogP contribution in [-0.4, -0.2) is 48.9 Å². The maximum absolute atomic E-state index is 13.7. The molecule has 1 saturated heterocycles. The van der Waals surface area contributed by atoms with Gasteiger partial charge in [-0.3, -0.25) is 4.90 Å². The fourth-order valence-corrected chi connectivity index (χ4v) is 5.40. The van der Waals surface area contributed by atoms with Gasteiger partial charge in [0.05, 0.1) is 26.5 Å². The highest BCUT2D eigenvalue weighted by molar-refractivity contribution is 5.74. The highest BCUT2D eigenvalue weighted by Crippen LogP contribution is 2.42. The summed E-state index contributed by atoms with van der Waals surface area (Å²) in [6.45, 7) is 3.72. The smallest absolute Gasteiger partial charge is 0.318 e. The van der Waals surface area contributed by atoms with Gasteiger partial charge in [0.15, 0.2) is 11.5 Å². The number of hydrogen-bond donors (Lipinski definition) is 1. The fraction of sp³-hybridized carbons (Fsp3) is 0.303. The molecular formula is C33H35N3O6. The van der Waals surface area contributed by atoms with E-state index < -0.39 is 0 Å². The van der Waals surface area contributed by atoms with Crippen LogP contribution >= 0.6 is 0 Å². The summed E-state index contributed by atoms with van der Waals surface area (Å²) in [5.74, 6) is 3.50. The lowest BCUT2D eigenvalue weighted by Crippen LogP contribution is -2.45. The van der Waals surface area contributed by atoms with Crippen LogP contribution in [0.3, 0.4) is 0 Å². The predicted octanol–water partition coefficient (Wildman–Crippen LogP) is 5.58. The van der Waals surface area contributed by atoms with Gasteiger partial charge in [-0.15, -0.1) is 0 Å². The molecule has 9 heteroatoms. The number of nitrogens with zero attached hydrogens (tertiary/aromatic N) is 2. The largest absolute Gasteiger partial charge is 0.493 e. The highest BCUT2D eigenvalue weighted by Gasteiger charge is 2.28. The topological polar surface area (TPSA) is 85.6 Å². The summed E-state index contributed by atoms with van der Waals surface area (Å²) in [4.78, 5) is 17.8. The number of fused-ring (bicyclic) bond motifs is 1. The molecule has 0 radical (unpaired) electrons. The Morgan fingerprint density at radius 2 is 1.83 bits per heavy atom. The number of carbonyl (C=O) groups is 1. The van der Waals surface area contributed by atoms with E-state index in [0.717, 1.165) is 54.3 Å². The number of furan rings is 1. The Morgan fingerprint density at radius 3 is 2.67 bits per heavy atom. The van der Waals surface area contributed by atoms with Gasteiger partial charge in [-0.2, -0.15) is 0 Å². The van der Waals surface area contributed by atoms with E-state index in [1.54, 1.807) is 18.3 Å². The fourth-order valence-electron chi connectivity index (χ4n) is 5.40. The van der Waals surface area contributed by atoms with Crippen molar-refractivity contribution in [3.63, 3.8) is 0 Å². The van der Waals surface area contributed by atoms with Crippen LogP contribution < -0.4 is 24.3 Å². The molecule has 6 rings (SSSR count). The summed E-state index contributed by atoms with van der Waals surface area (Å²) < 4.78 is 28.4. The van der Waals surface area contributed by atoms with Gasteiger partial charge in [0, 0.05) is 31.2 Å². The average Bonchev–Trinajstić information content (AvgIpc) is 3.80. The molecule has 0 saturated carbocycles. The molecule has 0 spiro atoms. The molecule has 1 fully saturated rings. The molecular weight excluding hydrogens is 534 g/mol. The van der Waals surface area contributed by atoms with E-state index >= 15 is 0 Å². The van der Waals surface area contributed by atoms with Crippen LogP contribution in [0, 0.1) is 0 Å². The molecule has 2 amide bonds. The Bertz CT molecular complexity index is 1480. The second-order valence-electron chi connectivity index (χ2n) is 10.5. The minimum atomic E-state index is -0.138. The predicted molar refractivity (Wildman–Crippen MR) is 157 cm³/mol. The number of amides is 2. The van der Waals surface area contributed by atoms with Gasteiger partial charge in [-0.25, -0.2) is 4.79 Å². The van der Waals surface area contributed by atoms with E-state index in [1.165, 1.54) is 0 Å². The summed E-state index contributed by atoms with van der Waals surface area (Å²) in [6, 6.07) is 25.5. The van der Waals surface area contributed by atoms with E-state index in [9.17, 15) is 4.79 Å². The Hall–Kier alpha value is -4.63. The summed E-state index contributed by atoms with van der Waals surface area (Å²) in [7, 11) is 1.63. The maximum atomic E-state index is 13.7. The molecule has 1 aromatic heterocycles. The number of hydrogen-bond acceptors (Lipinski definition) is 7. The Labute approximate surface area is 245 Å². The number of rotatable bonds is 11. The van der Waals surface area contributed by atoms with E-state index in [-0.39, 0.29) is 18.9 Å². The van der Waals surface area contributed by atoms with Crippen LogP contribution in [0.5, 0.6) is 23.0 Å². The van der Waals surface area contributed by atoms with Crippen molar-refractivity contribution in [3.05, 3.63) is 108 Å². The lowest BCUT2D eigenvalue weighted by atomic mass is 10.1. The number of likely N-dealkylation sites (tertiary alicyclic amines) is 1. The first-order valence-corrected chi connectivity index (χ1v) is 14.2. The first-order valence-electron chi connectivity index (χ1n) is 14.2. The zero-order valence-corrected chi connectivity index (χ0v) is 23.7. The lowest BCUT2D eigenvalue weighted by molar-refractivity contribution is 0.171. The molecule has 2 aliphatic heterocycles. The van der Waals surface area contributed by atoms with Gasteiger partial charge in [0.1, 0.15) is 18.1 Å². The van der Waals surface area contributed by atoms with Crippen LogP contribution in [0.1, 0.15) is 28.9 Å². The molecule has 1 N–H and O–H groups in total. The zero-order valence-electron chi connectivity index (χ0n) is 23.7. The van der Waals surface area contributed by atoms with Crippen molar-refractivity contribution in [2.45, 2.75) is 38.7 Å². The number of ether oxygens (including phenoxy) is 4. The molecule has 2 aliphatic rings. The van der Waals surface area contributed by atoms with Crippen molar-refractivity contribution < 1.29 is 28.2 Å². The zero-order chi connectivity index (χ0) is 28.7. The Balaban J connectivity index is 1.10. The standard InChI is InChI=1S/C33H35N3O6/c1-38-30-16-25(17-31-32(30)42-23-41-31)18-35-14-13-27(20-35)34-33(37)36(21-28-11-7-15-39-28)19-26-10-5-6-12-29(26)40-22-24-8-3-2-4-9-24/h2-12,15-17,27H,13-14,18-23H2,1H3,(H,34,37). The minimum Gasteiger partial charge on any atom is -0.493 e. The highest BCUT2D eigenvalue weighted by atomic mass is 16.7. The molecule has 0 bridgehead atoms. The third-order valence-electron chi connectivity index (χ3n) is 7.51.